The van der Waals surface area contributed by atoms with Gasteiger partial charge in [-0.05, 0) is 0 Å². The second-order valence-corrected chi connectivity index (χ2v) is 5.33. The van der Waals surface area contributed by atoms with E-state index in [0.717, 1.165) is 0 Å². The molecule has 3 heterocycles. The molecular weight excluding hydrogens is 310 g/mol. The zero-order chi connectivity index (χ0) is 15.7. The summed E-state index contributed by atoms with van der Waals surface area (Å²) in [4.78, 5) is 12.2. The molecule has 4 unspecified atom stereocenters. The van der Waals surface area contributed by atoms with Gasteiger partial charge in [0.15, 0.2) is 17.7 Å². The van der Waals surface area contributed by atoms with E-state index < -0.39 is 24.5 Å². The Morgan fingerprint density at radius 2 is 2.23 bits per heavy atom. The highest BCUT2D eigenvalue weighted by Crippen LogP contribution is 2.33. The molecule has 0 aliphatic carbocycles. The number of nitrogen functional groups attached to an aromatic ring is 1. The Hall–Kier alpha value is -1.46. The first-order chi connectivity index (χ1) is 10.7. The van der Waals surface area contributed by atoms with Gasteiger partial charge < -0.3 is 25.4 Å². The molecule has 2 aromatic heterocycles. The van der Waals surface area contributed by atoms with E-state index in [2.05, 4.69) is 27.6 Å². The van der Waals surface area contributed by atoms with Crippen molar-refractivity contribution in [2.45, 2.75) is 24.5 Å². The normalized spacial score (nSPS) is 28.5. The third-order valence-electron chi connectivity index (χ3n) is 3.56. The zero-order valence-corrected chi connectivity index (χ0v) is 12.5. The van der Waals surface area contributed by atoms with Gasteiger partial charge in [-0.25, -0.2) is 15.0 Å². The Morgan fingerprint density at radius 1 is 1.41 bits per heavy atom. The Labute approximate surface area is 131 Å². The van der Waals surface area contributed by atoms with Crippen LogP contribution in [0.1, 0.15) is 6.23 Å². The summed E-state index contributed by atoms with van der Waals surface area (Å²) in [6, 6.07) is 0. The van der Waals surface area contributed by atoms with E-state index >= 15 is 0 Å². The fourth-order valence-electron chi connectivity index (χ4n) is 2.52. The zero-order valence-electron chi connectivity index (χ0n) is 11.6. The van der Waals surface area contributed by atoms with Crippen LogP contribution in [0.5, 0.6) is 0 Å². The molecule has 9 nitrogen and oxygen atoms in total. The van der Waals surface area contributed by atoms with Crippen molar-refractivity contribution in [2.75, 3.05) is 24.7 Å². The van der Waals surface area contributed by atoms with E-state index in [4.69, 9.17) is 15.2 Å². The second-order valence-electron chi connectivity index (χ2n) is 4.88. The van der Waals surface area contributed by atoms with E-state index in [1.165, 1.54) is 12.7 Å². The number of aliphatic hydroxyl groups is 2. The number of ether oxygens (including phenoxy) is 2. The Morgan fingerprint density at radius 3 is 2.95 bits per heavy atom. The summed E-state index contributed by atoms with van der Waals surface area (Å²) in [5.41, 5.74) is 6.69. The highest BCUT2D eigenvalue weighted by molar-refractivity contribution is 7.80. The lowest BCUT2D eigenvalue weighted by Gasteiger charge is -2.21. The number of imidazole rings is 1. The van der Waals surface area contributed by atoms with Crippen molar-refractivity contribution >= 4 is 29.6 Å². The SMILES string of the molecule is Nc1ncnc2c1ncn2C1OC(CO)C(O)C1OCCS. The Kier molecular flexibility index (Phi) is 4.45. The molecule has 0 saturated carbocycles. The van der Waals surface area contributed by atoms with Gasteiger partial charge >= 0.3 is 0 Å². The van der Waals surface area contributed by atoms with Crippen molar-refractivity contribution in [2.24, 2.45) is 0 Å². The molecule has 4 atom stereocenters. The van der Waals surface area contributed by atoms with Crippen LogP contribution >= 0.6 is 12.6 Å². The molecule has 120 valence electrons. The lowest BCUT2D eigenvalue weighted by Crippen LogP contribution is -2.35. The number of fused-ring (bicyclic) bond motifs is 1. The average Bonchev–Trinajstić information content (AvgIpc) is 3.07. The number of hydrogen-bond acceptors (Lipinski definition) is 9. The molecular formula is C12H17N5O4S. The standard InChI is InChI=1S/C12H17N5O4S/c13-10-7-11(15-4-14-10)17(5-16-7)12-9(20-1-2-22)8(19)6(3-18)21-12/h4-6,8-9,12,18-19,22H,1-3H2,(H2,13,14,15). The van der Waals surface area contributed by atoms with E-state index in [1.807, 2.05) is 0 Å². The molecule has 22 heavy (non-hydrogen) atoms. The Balaban J connectivity index is 1.97. The predicted molar refractivity (Wildman–Crippen MR) is 80.3 cm³/mol. The highest BCUT2D eigenvalue weighted by Gasteiger charge is 2.45. The molecule has 2 aromatic rings. The summed E-state index contributed by atoms with van der Waals surface area (Å²) >= 11 is 4.09. The largest absolute Gasteiger partial charge is 0.394 e. The minimum Gasteiger partial charge on any atom is -0.394 e. The molecule has 3 rings (SSSR count). The van der Waals surface area contributed by atoms with Gasteiger partial charge in [0, 0.05) is 5.75 Å². The lowest BCUT2D eigenvalue weighted by molar-refractivity contribution is -0.0670. The van der Waals surface area contributed by atoms with E-state index in [-0.39, 0.29) is 12.4 Å². The first-order valence-electron chi connectivity index (χ1n) is 6.77. The molecule has 0 aromatic carbocycles. The number of nitrogens with two attached hydrogens (primary N) is 1. The number of thiol groups is 1. The molecule has 1 fully saturated rings. The highest BCUT2D eigenvalue weighted by atomic mass is 32.1. The van der Waals surface area contributed by atoms with Crippen molar-refractivity contribution in [3.63, 3.8) is 0 Å². The fourth-order valence-corrected chi connectivity index (χ4v) is 2.62. The number of aromatic nitrogens is 4. The van der Waals surface area contributed by atoms with Crippen LogP contribution in [-0.4, -0.2) is 67.0 Å². The van der Waals surface area contributed by atoms with Gasteiger partial charge in [-0.1, -0.05) is 0 Å². The molecule has 0 bridgehead atoms. The quantitative estimate of drug-likeness (QED) is 0.513. The van der Waals surface area contributed by atoms with Crippen LogP contribution in [0.3, 0.4) is 0 Å². The van der Waals surface area contributed by atoms with Crippen LogP contribution in [0, 0.1) is 0 Å². The number of anilines is 1. The number of nitrogens with zero attached hydrogens (tertiary/aromatic N) is 4. The maximum Gasteiger partial charge on any atom is 0.167 e. The molecule has 0 spiro atoms. The van der Waals surface area contributed by atoms with Crippen LogP contribution in [-0.2, 0) is 9.47 Å². The van der Waals surface area contributed by atoms with Crippen molar-refractivity contribution in [1.29, 1.82) is 0 Å². The van der Waals surface area contributed by atoms with Gasteiger partial charge in [-0.2, -0.15) is 12.6 Å². The van der Waals surface area contributed by atoms with Gasteiger partial charge in [0.25, 0.3) is 0 Å². The van der Waals surface area contributed by atoms with Crippen LogP contribution in [0.25, 0.3) is 11.2 Å². The van der Waals surface area contributed by atoms with Crippen molar-refractivity contribution in [3.8, 4) is 0 Å². The maximum atomic E-state index is 10.2. The van der Waals surface area contributed by atoms with Gasteiger partial charge in [0.05, 0.1) is 19.5 Å². The molecule has 1 saturated heterocycles. The average molecular weight is 327 g/mol. The number of rotatable bonds is 5. The first kappa shape index (κ1) is 15.4. The van der Waals surface area contributed by atoms with Gasteiger partial charge in [0.2, 0.25) is 0 Å². The maximum absolute atomic E-state index is 10.2. The molecule has 0 radical (unpaired) electrons. The van der Waals surface area contributed by atoms with Gasteiger partial charge in [-0.3, -0.25) is 4.57 Å². The van der Waals surface area contributed by atoms with Gasteiger partial charge in [0.1, 0.15) is 30.2 Å². The smallest absolute Gasteiger partial charge is 0.167 e. The van der Waals surface area contributed by atoms with Crippen molar-refractivity contribution < 1.29 is 19.7 Å². The monoisotopic (exact) mass is 327 g/mol. The minimum absolute atomic E-state index is 0.258. The fraction of sp³-hybridized carbons (Fsp3) is 0.583. The molecule has 0 amide bonds. The molecule has 4 N–H and O–H groups in total. The van der Waals surface area contributed by atoms with E-state index in [1.54, 1.807) is 4.57 Å². The first-order valence-corrected chi connectivity index (χ1v) is 7.40. The predicted octanol–water partition coefficient (Wildman–Crippen LogP) is -1.03. The second kappa shape index (κ2) is 6.34. The van der Waals surface area contributed by atoms with Crippen molar-refractivity contribution in [3.05, 3.63) is 12.7 Å². The minimum atomic E-state index is -0.966. The summed E-state index contributed by atoms with van der Waals surface area (Å²) in [6.07, 6.45) is -0.222. The van der Waals surface area contributed by atoms with Gasteiger partial charge in [-0.15, -0.1) is 0 Å². The molecule has 1 aliphatic rings. The lowest BCUT2D eigenvalue weighted by atomic mass is 10.1. The third-order valence-corrected chi connectivity index (χ3v) is 3.74. The van der Waals surface area contributed by atoms with E-state index in [0.29, 0.717) is 23.5 Å². The Bertz CT molecular complexity index is 653. The number of aliphatic hydroxyl groups excluding tert-OH is 2. The van der Waals surface area contributed by atoms with Crippen LogP contribution in [0.4, 0.5) is 5.82 Å². The number of hydrogen-bond donors (Lipinski definition) is 4. The summed E-state index contributed by atoms with van der Waals surface area (Å²) in [5.74, 6) is 0.758. The van der Waals surface area contributed by atoms with Crippen molar-refractivity contribution in [1.82, 2.24) is 19.5 Å². The summed E-state index contributed by atoms with van der Waals surface area (Å²) in [6.45, 7) is 0.0226. The van der Waals surface area contributed by atoms with Crippen LogP contribution in [0.15, 0.2) is 12.7 Å². The topological polar surface area (TPSA) is 129 Å². The third kappa shape index (κ3) is 2.52. The van der Waals surface area contributed by atoms with E-state index in [9.17, 15) is 10.2 Å². The summed E-state index contributed by atoms with van der Waals surface area (Å²) in [7, 11) is 0. The summed E-state index contributed by atoms with van der Waals surface area (Å²) < 4.78 is 12.9. The van der Waals surface area contributed by atoms with Crippen LogP contribution in [0.2, 0.25) is 0 Å². The van der Waals surface area contributed by atoms with Crippen LogP contribution < -0.4 is 5.73 Å². The molecule has 10 heteroatoms. The molecule has 1 aliphatic heterocycles. The summed E-state index contributed by atoms with van der Waals surface area (Å²) in [5, 5.41) is 19.6.